The molecular weight excluding hydrogens is 370 g/mol. The number of hydrogen-bond acceptors (Lipinski definition) is 4. The molecule has 122 valence electrons. The maximum Gasteiger partial charge on any atom is 0.265 e. The van der Waals surface area contributed by atoms with Gasteiger partial charge < -0.3 is 4.74 Å². The average Bonchev–Trinajstić information content (AvgIpc) is 2.47. The molecule has 5 nitrogen and oxygen atoms in total. The summed E-state index contributed by atoms with van der Waals surface area (Å²) in [5.74, 6) is -0.487. The summed E-state index contributed by atoms with van der Waals surface area (Å²) in [5.41, 5.74) is 0. The highest BCUT2D eigenvalue weighted by molar-refractivity contribution is 9.10. The van der Waals surface area contributed by atoms with E-state index in [-0.39, 0.29) is 16.9 Å². The number of benzene rings is 1. The molecule has 7 heteroatoms. The Labute approximate surface area is 139 Å². The summed E-state index contributed by atoms with van der Waals surface area (Å²) in [5, 5.41) is 0. The van der Waals surface area contributed by atoms with Crippen molar-refractivity contribution in [3.05, 3.63) is 28.7 Å². The van der Waals surface area contributed by atoms with Crippen molar-refractivity contribution in [2.75, 3.05) is 6.61 Å². The largest absolute Gasteiger partial charge is 0.378 e. The molecule has 1 N–H and O–H groups in total. The third-order valence-electron chi connectivity index (χ3n) is 3.79. The quantitative estimate of drug-likeness (QED) is 0.858. The van der Waals surface area contributed by atoms with Gasteiger partial charge >= 0.3 is 0 Å². The summed E-state index contributed by atoms with van der Waals surface area (Å²) < 4.78 is 32.9. The van der Waals surface area contributed by atoms with Crippen molar-refractivity contribution in [3.63, 3.8) is 0 Å². The Morgan fingerprint density at radius 2 is 2.05 bits per heavy atom. The summed E-state index contributed by atoms with van der Waals surface area (Å²) in [6.45, 7) is 4.54. The lowest BCUT2D eigenvalue weighted by Gasteiger charge is -2.31. The number of ether oxygens (including phenoxy) is 1. The van der Waals surface area contributed by atoms with Crippen molar-refractivity contribution in [1.29, 1.82) is 0 Å². The molecule has 2 atom stereocenters. The van der Waals surface area contributed by atoms with E-state index in [1.54, 1.807) is 18.2 Å². The number of carbonyl (C=O) groups excluding carboxylic acids is 1. The molecule has 22 heavy (non-hydrogen) atoms. The normalized spacial score (nSPS) is 22.5. The summed E-state index contributed by atoms with van der Waals surface area (Å²) in [6, 6.07) is 6.42. The van der Waals surface area contributed by atoms with Gasteiger partial charge in [-0.1, -0.05) is 26.0 Å². The van der Waals surface area contributed by atoms with Crippen LogP contribution in [0.4, 0.5) is 0 Å². The van der Waals surface area contributed by atoms with Gasteiger partial charge in [-0.3, -0.25) is 4.79 Å². The Kier molecular flexibility index (Phi) is 5.63. The summed E-state index contributed by atoms with van der Waals surface area (Å²) in [6.07, 6.45) is 1.09. The Morgan fingerprint density at radius 1 is 1.36 bits per heavy atom. The van der Waals surface area contributed by atoms with E-state index in [1.165, 1.54) is 6.07 Å². The number of nitrogens with one attached hydrogen (secondary N) is 1. The van der Waals surface area contributed by atoms with E-state index < -0.39 is 15.9 Å². The Balaban J connectivity index is 2.10. The second-order valence-corrected chi connectivity index (χ2v) is 8.28. The third kappa shape index (κ3) is 4.08. The van der Waals surface area contributed by atoms with Crippen molar-refractivity contribution in [3.8, 4) is 0 Å². The van der Waals surface area contributed by atoms with Gasteiger partial charge in [0.15, 0.2) is 0 Å². The topological polar surface area (TPSA) is 72.5 Å². The second kappa shape index (κ2) is 7.10. The molecule has 1 amide bonds. The van der Waals surface area contributed by atoms with Crippen LogP contribution in [-0.4, -0.2) is 27.0 Å². The second-order valence-electron chi connectivity index (χ2n) is 5.77. The number of rotatable bonds is 4. The highest BCUT2D eigenvalue weighted by Crippen LogP contribution is 2.26. The monoisotopic (exact) mass is 389 g/mol. The van der Waals surface area contributed by atoms with Crippen molar-refractivity contribution in [2.45, 2.75) is 37.7 Å². The van der Waals surface area contributed by atoms with Gasteiger partial charge in [0.1, 0.15) is 4.90 Å². The first-order valence-corrected chi connectivity index (χ1v) is 9.51. The molecule has 0 aromatic heterocycles. The van der Waals surface area contributed by atoms with Crippen molar-refractivity contribution >= 4 is 31.9 Å². The smallest absolute Gasteiger partial charge is 0.265 e. The van der Waals surface area contributed by atoms with Crippen molar-refractivity contribution < 1.29 is 17.9 Å². The van der Waals surface area contributed by atoms with Crippen LogP contribution in [0.2, 0.25) is 0 Å². The van der Waals surface area contributed by atoms with Crippen LogP contribution in [0.25, 0.3) is 0 Å². The first kappa shape index (κ1) is 17.4. The lowest BCUT2D eigenvalue weighted by atomic mass is 9.90. The average molecular weight is 390 g/mol. The molecule has 1 heterocycles. The minimum absolute atomic E-state index is 0.00401. The van der Waals surface area contributed by atoms with E-state index in [0.29, 0.717) is 29.8 Å². The molecule has 0 spiro atoms. The molecule has 0 radical (unpaired) electrons. The van der Waals surface area contributed by atoms with Gasteiger partial charge in [-0.2, -0.15) is 0 Å². The molecule has 0 bridgehead atoms. The molecule has 1 aromatic carbocycles. The van der Waals surface area contributed by atoms with Crippen LogP contribution < -0.4 is 4.72 Å². The Bertz CT molecular complexity index is 645. The van der Waals surface area contributed by atoms with E-state index in [0.717, 1.165) is 0 Å². The fourth-order valence-corrected chi connectivity index (χ4v) is 4.51. The molecular formula is C15H20BrNO4S. The molecule has 1 aliphatic rings. The van der Waals surface area contributed by atoms with Gasteiger partial charge in [0, 0.05) is 17.0 Å². The van der Waals surface area contributed by atoms with Gasteiger partial charge in [0.05, 0.1) is 6.10 Å². The fraction of sp³-hybridized carbons (Fsp3) is 0.533. The van der Waals surface area contributed by atoms with Crippen molar-refractivity contribution in [2.24, 2.45) is 11.8 Å². The van der Waals surface area contributed by atoms with Gasteiger partial charge in [0.2, 0.25) is 5.91 Å². The zero-order chi connectivity index (χ0) is 16.3. The first-order valence-electron chi connectivity index (χ1n) is 7.24. The molecule has 1 aliphatic heterocycles. The molecule has 2 rings (SSSR count). The minimum Gasteiger partial charge on any atom is -0.378 e. The standard InChI is InChI=1S/C15H20BrNO4S/c1-10(2)13-9-11(7-8-21-13)15(18)17-22(19,20)14-6-4-3-5-12(14)16/h3-6,10-11,13H,7-9H2,1-2H3,(H,17,18). The lowest BCUT2D eigenvalue weighted by Crippen LogP contribution is -2.41. The van der Waals surface area contributed by atoms with Gasteiger partial charge in [-0.15, -0.1) is 0 Å². The maximum atomic E-state index is 12.3. The third-order valence-corrected chi connectivity index (χ3v) is 6.15. The molecule has 1 fully saturated rings. The van der Waals surface area contributed by atoms with Gasteiger partial charge in [-0.05, 0) is 46.8 Å². The van der Waals surface area contributed by atoms with Gasteiger partial charge in [-0.25, -0.2) is 13.1 Å². The van der Waals surface area contributed by atoms with Crippen LogP contribution >= 0.6 is 15.9 Å². The molecule has 2 unspecified atom stereocenters. The van der Waals surface area contributed by atoms with E-state index in [4.69, 9.17) is 4.74 Å². The first-order chi connectivity index (χ1) is 10.3. The number of carbonyl (C=O) groups is 1. The van der Waals surface area contributed by atoms with Crippen LogP contribution in [0.15, 0.2) is 33.6 Å². The Morgan fingerprint density at radius 3 is 2.68 bits per heavy atom. The highest BCUT2D eigenvalue weighted by atomic mass is 79.9. The van der Waals surface area contributed by atoms with Gasteiger partial charge in [0.25, 0.3) is 10.0 Å². The van der Waals surface area contributed by atoms with Crippen molar-refractivity contribution in [1.82, 2.24) is 4.72 Å². The van der Waals surface area contributed by atoms with E-state index >= 15 is 0 Å². The zero-order valence-corrected chi connectivity index (χ0v) is 15.0. The molecule has 0 saturated carbocycles. The number of halogens is 1. The minimum atomic E-state index is -3.86. The maximum absolute atomic E-state index is 12.3. The molecule has 0 aliphatic carbocycles. The predicted octanol–water partition coefficient (Wildman–Crippen LogP) is 2.71. The summed E-state index contributed by atoms with van der Waals surface area (Å²) in [4.78, 5) is 12.4. The summed E-state index contributed by atoms with van der Waals surface area (Å²) in [7, 11) is -3.86. The SMILES string of the molecule is CC(C)C1CC(C(=O)NS(=O)(=O)c2ccccc2Br)CCO1. The lowest BCUT2D eigenvalue weighted by molar-refractivity contribution is -0.129. The van der Waals surface area contributed by atoms with Crippen LogP contribution in [0.3, 0.4) is 0 Å². The highest BCUT2D eigenvalue weighted by Gasteiger charge is 2.32. The Hall–Kier alpha value is -0.920. The van der Waals surface area contributed by atoms with Crippen LogP contribution in [0.1, 0.15) is 26.7 Å². The fourth-order valence-electron chi connectivity index (χ4n) is 2.46. The van der Waals surface area contributed by atoms with Crippen LogP contribution in [0, 0.1) is 11.8 Å². The van der Waals surface area contributed by atoms with E-state index in [2.05, 4.69) is 20.7 Å². The van der Waals surface area contributed by atoms with Crippen LogP contribution in [-0.2, 0) is 19.6 Å². The number of hydrogen-bond donors (Lipinski definition) is 1. The number of sulfonamides is 1. The summed E-state index contributed by atoms with van der Waals surface area (Å²) >= 11 is 3.20. The molecule has 1 saturated heterocycles. The zero-order valence-electron chi connectivity index (χ0n) is 12.6. The van der Waals surface area contributed by atoms with Crippen LogP contribution in [0.5, 0.6) is 0 Å². The molecule has 1 aromatic rings. The van der Waals surface area contributed by atoms with E-state index in [1.807, 2.05) is 13.8 Å². The number of amides is 1. The van der Waals surface area contributed by atoms with E-state index in [9.17, 15) is 13.2 Å². The predicted molar refractivity (Wildman–Crippen MR) is 86.8 cm³/mol.